The largest absolute Gasteiger partial charge is 0.418 e. The van der Waals surface area contributed by atoms with Crippen LogP contribution in [0.15, 0.2) is 40.7 Å². The highest BCUT2D eigenvalue weighted by Gasteiger charge is 2.34. The van der Waals surface area contributed by atoms with Gasteiger partial charge in [-0.15, -0.1) is 11.3 Å². The van der Waals surface area contributed by atoms with E-state index in [1.165, 1.54) is 17.4 Å². The first-order valence-electron chi connectivity index (χ1n) is 7.08. The smallest absolute Gasteiger partial charge is 0.325 e. The number of alkyl halides is 3. The Bertz CT molecular complexity index is 976. The third kappa shape index (κ3) is 4.62. The Morgan fingerprint density at radius 1 is 1.15 bits per heavy atom. The third-order valence-corrected chi connectivity index (χ3v) is 5.87. The fourth-order valence-corrected chi connectivity index (χ4v) is 4.30. The lowest BCUT2D eigenvalue weighted by Gasteiger charge is -2.13. The van der Waals surface area contributed by atoms with E-state index in [1.807, 2.05) is 6.07 Å². The Hall–Kier alpha value is -1.48. The number of rotatable bonds is 4. The van der Waals surface area contributed by atoms with Crippen molar-refractivity contribution in [1.82, 2.24) is 4.98 Å². The zero-order valence-electron chi connectivity index (χ0n) is 12.7. The molecule has 0 aliphatic rings. The first-order valence-corrected chi connectivity index (χ1v) is 9.63. The minimum absolute atomic E-state index is 0.0576. The molecule has 26 heavy (non-hydrogen) atoms. The van der Waals surface area contributed by atoms with Gasteiger partial charge in [-0.1, -0.05) is 35.0 Å². The molecule has 0 saturated heterocycles. The van der Waals surface area contributed by atoms with E-state index in [0.717, 1.165) is 28.6 Å². The number of anilines is 1. The fraction of sp³-hybridized carbons (Fsp3) is 0.125. The Morgan fingerprint density at radius 3 is 2.58 bits per heavy atom. The van der Waals surface area contributed by atoms with E-state index in [9.17, 15) is 18.0 Å². The molecule has 0 aliphatic carbocycles. The number of carbonyl (C=O) groups excluding carboxylic acids is 1. The fourth-order valence-electron chi connectivity index (χ4n) is 2.11. The summed E-state index contributed by atoms with van der Waals surface area (Å²) in [6.07, 6.45) is -4.62. The Balaban J connectivity index is 1.69. The second-order valence-electron chi connectivity index (χ2n) is 5.12. The summed E-state index contributed by atoms with van der Waals surface area (Å²) in [5, 5.41) is 2.77. The highest BCUT2D eigenvalue weighted by atomic mass is 35.5. The summed E-state index contributed by atoms with van der Waals surface area (Å²) in [5.41, 5.74) is -0.607. The molecule has 1 N–H and O–H groups in total. The van der Waals surface area contributed by atoms with Gasteiger partial charge in [0, 0.05) is 10.0 Å². The van der Waals surface area contributed by atoms with Gasteiger partial charge in [-0.3, -0.25) is 4.79 Å². The SMILES string of the molecule is O=C(CSc1nc2cc(Cl)ccc2s1)Nc1ccc(Cl)cc1C(F)(F)F. The predicted octanol–water partition coefficient (Wildman–Crippen LogP) is 6.35. The average Bonchev–Trinajstić information content (AvgIpc) is 2.95. The van der Waals surface area contributed by atoms with Crippen molar-refractivity contribution in [2.24, 2.45) is 0 Å². The van der Waals surface area contributed by atoms with Crippen LogP contribution in [0.5, 0.6) is 0 Å². The molecule has 0 unspecified atom stereocenters. The number of carbonyl (C=O) groups is 1. The molecule has 3 rings (SSSR count). The molecule has 10 heteroatoms. The maximum atomic E-state index is 13.0. The number of hydrogen-bond donors (Lipinski definition) is 1. The quantitative estimate of drug-likeness (QED) is 0.484. The van der Waals surface area contributed by atoms with Crippen LogP contribution in [0.3, 0.4) is 0 Å². The first-order chi connectivity index (χ1) is 12.2. The minimum atomic E-state index is -4.62. The van der Waals surface area contributed by atoms with Gasteiger partial charge in [0.15, 0.2) is 4.34 Å². The standard InChI is InChI=1S/C16H9Cl2F3N2OS2/c17-8-1-3-11(10(5-8)16(19,20)21)22-14(24)7-25-15-23-12-6-9(18)2-4-13(12)26-15/h1-6H,7H2,(H,22,24). The second-order valence-corrected chi connectivity index (χ2v) is 8.24. The normalized spacial score (nSPS) is 11.7. The molecule has 0 saturated carbocycles. The summed E-state index contributed by atoms with van der Waals surface area (Å²) in [5.74, 6) is -0.645. The molecular formula is C16H9Cl2F3N2OS2. The van der Waals surface area contributed by atoms with Gasteiger partial charge in [0.1, 0.15) is 0 Å². The number of hydrogen-bond acceptors (Lipinski definition) is 4. The second kappa shape index (κ2) is 7.64. The van der Waals surface area contributed by atoms with E-state index in [-0.39, 0.29) is 16.5 Å². The molecule has 136 valence electrons. The summed E-state index contributed by atoms with van der Waals surface area (Å²) in [6, 6.07) is 8.47. The van der Waals surface area contributed by atoms with Crippen LogP contribution >= 0.6 is 46.3 Å². The summed E-state index contributed by atoms with van der Waals surface area (Å²) in [4.78, 5) is 16.4. The number of thiazole rings is 1. The van der Waals surface area contributed by atoms with E-state index in [0.29, 0.717) is 14.9 Å². The summed E-state index contributed by atoms with van der Waals surface area (Å²) < 4.78 is 40.7. The number of thioether (sulfide) groups is 1. The van der Waals surface area contributed by atoms with Crippen molar-refractivity contribution < 1.29 is 18.0 Å². The number of fused-ring (bicyclic) bond motifs is 1. The zero-order valence-corrected chi connectivity index (χ0v) is 15.9. The summed E-state index contributed by atoms with van der Waals surface area (Å²) >= 11 is 14.0. The molecule has 1 heterocycles. The van der Waals surface area contributed by atoms with E-state index in [1.54, 1.807) is 12.1 Å². The van der Waals surface area contributed by atoms with Crippen molar-refractivity contribution in [3.8, 4) is 0 Å². The highest BCUT2D eigenvalue weighted by Crippen LogP contribution is 2.37. The Labute approximate surface area is 164 Å². The van der Waals surface area contributed by atoms with E-state index in [2.05, 4.69) is 10.3 Å². The van der Waals surface area contributed by atoms with Crippen molar-refractivity contribution in [2.45, 2.75) is 10.5 Å². The molecule has 0 bridgehead atoms. The summed E-state index contributed by atoms with van der Waals surface area (Å²) in [7, 11) is 0. The van der Waals surface area contributed by atoms with Gasteiger partial charge in [0.25, 0.3) is 0 Å². The number of halogens is 5. The van der Waals surface area contributed by atoms with Crippen LogP contribution in [0.25, 0.3) is 10.2 Å². The molecule has 0 spiro atoms. The van der Waals surface area contributed by atoms with Gasteiger partial charge in [-0.2, -0.15) is 13.2 Å². The van der Waals surface area contributed by atoms with E-state index >= 15 is 0 Å². The molecule has 0 fully saturated rings. The maximum absolute atomic E-state index is 13.0. The summed E-state index contributed by atoms with van der Waals surface area (Å²) in [6.45, 7) is 0. The van der Waals surface area contributed by atoms with Gasteiger partial charge in [-0.25, -0.2) is 4.98 Å². The topological polar surface area (TPSA) is 42.0 Å². The van der Waals surface area contributed by atoms with Crippen LogP contribution in [0.4, 0.5) is 18.9 Å². The molecule has 1 amide bonds. The lowest BCUT2D eigenvalue weighted by molar-refractivity contribution is -0.137. The number of aromatic nitrogens is 1. The number of nitrogens with zero attached hydrogens (tertiary/aromatic N) is 1. The molecule has 1 aromatic heterocycles. The van der Waals surface area contributed by atoms with Gasteiger partial charge in [0.05, 0.1) is 27.2 Å². The van der Waals surface area contributed by atoms with Gasteiger partial charge >= 0.3 is 6.18 Å². The van der Waals surface area contributed by atoms with Crippen LogP contribution in [0.2, 0.25) is 10.0 Å². The molecular weight excluding hydrogens is 428 g/mol. The van der Waals surface area contributed by atoms with Crippen molar-refractivity contribution >= 4 is 68.1 Å². The molecule has 3 aromatic rings. The van der Waals surface area contributed by atoms with Gasteiger partial charge in [0.2, 0.25) is 5.91 Å². The van der Waals surface area contributed by atoms with Crippen molar-refractivity contribution in [2.75, 3.05) is 11.1 Å². The third-order valence-electron chi connectivity index (χ3n) is 3.22. The van der Waals surface area contributed by atoms with Gasteiger partial charge < -0.3 is 5.32 Å². The van der Waals surface area contributed by atoms with Crippen molar-refractivity contribution in [1.29, 1.82) is 0 Å². The van der Waals surface area contributed by atoms with Crippen LogP contribution < -0.4 is 5.32 Å². The molecule has 0 atom stereocenters. The van der Waals surface area contributed by atoms with Crippen LogP contribution in [0.1, 0.15) is 5.56 Å². The molecule has 0 radical (unpaired) electrons. The van der Waals surface area contributed by atoms with Crippen LogP contribution in [-0.2, 0) is 11.0 Å². The number of nitrogens with one attached hydrogen (secondary N) is 1. The average molecular weight is 437 g/mol. The lowest BCUT2D eigenvalue weighted by atomic mass is 10.1. The monoisotopic (exact) mass is 436 g/mol. The molecule has 0 aliphatic heterocycles. The highest BCUT2D eigenvalue weighted by molar-refractivity contribution is 8.01. The Kier molecular flexibility index (Phi) is 5.67. The van der Waals surface area contributed by atoms with Crippen molar-refractivity contribution in [3.05, 3.63) is 52.0 Å². The first kappa shape index (κ1) is 19.3. The van der Waals surface area contributed by atoms with E-state index in [4.69, 9.17) is 23.2 Å². The molecule has 3 nitrogen and oxygen atoms in total. The predicted molar refractivity (Wildman–Crippen MR) is 100 cm³/mol. The van der Waals surface area contributed by atoms with Crippen molar-refractivity contribution in [3.63, 3.8) is 0 Å². The van der Waals surface area contributed by atoms with Gasteiger partial charge in [-0.05, 0) is 36.4 Å². The van der Waals surface area contributed by atoms with Crippen LogP contribution in [-0.4, -0.2) is 16.6 Å². The maximum Gasteiger partial charge on any atom is 0.418 e. The molecule has 2 aromatic carbocycles. The lowest BCUT2D eigenvalue weighted by Crippen LogP contribution is -2.18. The Morgan fingerprint density at radius 2 is 1.85 bits per heavy atom. The van der Waals surface area contributed by atoms with Crippen LogP contribution in [0, 0.1) is 0 Å². The number of benzene rings is 2. The minimum Gasteiger partial charge on any atom is -0.325 e. The zero-order chi connectivity index (χ0) is 18.9. The van der Waals surface area contributed by atoms with E-state index < -0.39 is 17.6 Å². The number of amides is 1.